The van der Waals surface area contributed by atoms with Gasteiger partial charge in [0.25, 0.3) is 0 Å². The zero-order chi connectivity index (χ0) is 17.0. The number of nitrogens with zero attached hydrogens (tertiary/aromatic N) is 1. The van der Waals surface area contributed by atoms with Gasteiger partial charge in [0.1, 0.15) is 0 Å². The van der Waals surface area contributed by atoms with Crippen LogP contribution in [0.1, 0.15) is 50.8 Å². The number of hydrogen-bond acceptors (Lipinski definition) is 3. The van der Waals surface area contributed by atoms with E-state index in [1.807, 2.05) is 12.1 Å². The van der Waals surface area contributed by atoms with Crippen LogP contribution >= 0.6 is 11.6 Å². The highest BCUT2D eigenvalue weighted by molar-refractivity contribution is 6.30. The van der Waals surface area contributed by atoms with Crippen LogP contribution in [-0.4, -0.2) is 41.8 Å². The molecule has 4 heteroatoms. The predicted molar refractivity (Wildman–Crippen MR) is 96.0 cm³/mol. The Kier molecular flexibility index (Phi) is 6.49. The average Bonchev–Trinajstić information content (AvgIpc) is 2.50. The maximum absolute atomic E-state index is 9.20. The molecule has 0 saturated carbocycles. The molecule has 0 aliphatic carbocycles. The van der Waals surface area contributed by atoms with E-state index in [1.54, 1.807) is 0 Å². The standard InChI is InChI=1S/C19H30ClNO2/c1-14-7-8-16(20)12-17(14)18(23-11-10-22)15-6-5-9-21(13-15)19(2,3)4/h7-8,12,15,18,22H,5-6,9-11,13H2,1-4H3/t15?,18-/m1/s1. The van der Waals surface area contributed by atoms with Crippen LogP contribution in [-0.2, 0) is 4.74 Å². The Bertz CT molecular complexity index is 513. The van der Waals surface area contributed by atoms with Gasteiger partial charge in [0, 0.05) is 23.0 Å². The van der Waals surface area contributed by atoms with E-state index in [0.29, 0.717) is 12.5 Å². The summed E-state index contributed by atoms with van der Waals surface area (Å²) in [6.07, 6.45) is 2.32. The molecule has 23 heavy (non-hydrogen) atoms. The zero-order valence-corrected chi connectivity index (χ0v) is 15.6. The third-order valence-corrected chi connectivity index (χ3v) is 5.01. The summed E-state index contributed by atoms with van der Waals surface area (Å²) in [6, 6.07) is 6.00. The molecule has 1 heterocycles. The van der Waals surface area contributed by atoms with Crippen molar-refractivity contribution in [3.8, 4) is 0 Å². The van der Waals surface area contributed by atoms with Gasteiger partial charge in [0.2, 0.25) is 0 Å². The number of hydrogen-bond donors (Lipinski definition) is 1. The van der Waals surface area contributed by atoms with Gasteiger partial charge in [-0.15, -0.1) is 0 Å². The Morgan fingerprint density at radius 3 is 2.78 bits per heavy atom. The largest absolute Gasteiger partial charge is 0.394 e. The summed E-state index contributed by atoms with van der Waals surface area (Å²) in [5, 5.41) is 9.95. The lowest BCUT2D eigenvalue weighted by molar-refractivity contribution is -0.0415. The molecule has 2 rings (SSSR count). The van der Waals surface area contributed by atoms with Gasteiger partial charge in [-0.2, -0.15) is 0 Å². The van der Waals surface area contributed by atoms with Crippen molar-refractivity contribution in [2.45, 2.75) is 52.2 Å². The van der Waals surface area contributed by atoms with Crippen molar-refractivity contribution < 1.29 is 9.84 Å². The normalized spacial score (nSPS) is 21.4. The van der Waals surface area contributed by atoms with Gasteiger partial charge in [-0.1, -0.05) is 17.7 Å². The zero-order valence-electron chi connectivity index (χ0n) is 14.8. The molecule has 1 aliphatic rings. The molecule has 0 aromatic heterocycles. The summed E-state index contributed by atoms with van der Waals surface area (Å²) in [7, 11) is 0. The molecule has 0 bridgehead atoms. The Hall–Kier alpha value is -0.610. The van der Waals surface area contributed by atoms with E-state index in [0.717, 1.165) is 30.1 Å². The van der Waals surface area contributed by atoms with Gasteiger partial charge in [0.15, 0.2) is 0 Å². The molecule has 130 valence electrons. The second-order valence-electron chi connectivity index (χ2n) is 7.54. The highest BCUT2D eigenvalue weighted by Crippen LogP contribution is 2.37. The van der Waals surface area contributed by atoms with Crippen LogP contribution < -0.4 is 0 Å². The minimum absolute atomic E-state index is 0.00833. The van der Waals surface area contributed by atoms with Crippen LogP contribution in [0.2, 0.25) is 5.02 Å². The maximum Gasteiger partial charge on any atom is 0.0869 e. The first-order valence-electron chi connectivity index (χ1n) is 8.56. The molecule has 2 atom stereocenters. The third-order valence-electron chi connectivity index (χ3n) is 4.77. The van der Waals surface area contributed by atoms with Gasteiger partial charge in [0.05, 0.1) is 19.3 Å². The lowest BCUT2D eigenvalue weighted by atomic mass is 9.85. The van der Waals surface area contributed by atoms with Gasteiger partial charge in [-0.3, -0.25) is 4.90 Å². The number of halogens is 1. The number of rotatable bonds is 5. The molecule has 1 aliphatic heterocycles. The fraction of sp³-hybridized carbons (Fsp3) is 0.684. The van der Waals surface area contributed by atoms with Gasteiger partial charge in [-0.25, -0.2) is 0 Å². The van der Waals surface area contributed by atoms with E-state index in [9.17, 15) is 5.11 Å². The van der Waals surface area contributed by atoms with Gasteiger partial charge in [-0.05, 0) is 70.3 Å². The van der Waals surface area contributed by atoms with Crippen molar-refractivity contribution >= 4 is 11.6 Å². The summed E-state index contributed by atoms with van der Waals surface area (Å²) in [6.45, 7) is 11.5. The molecule has 1 fully saturated rings. The molecule has 3 nitrogen and oxygen atoms in total. The predicted octanol–water partition coefficient (Wildman–Crippen LogP) is 4.21. The van der Waals surface area contributed by atoms with Gasteiger partial charge >= 0.3 is 0 Å². The fourth-order valence-corrected chi connectivity index (χ4v) is 3.62. The van der Waals surface area contributed by atoms with Crippen molar-refractivity contribution in [2.24, 2.45) is 5.92 Å². The van der Waals surface area contributed by atoms with Crippen LogP contribution in [0.4, 0.5) is 0 Å². The van der Waals surface area contributed by atoms with Crippen LogP contribution in [0.25, 0.3) is 0 Å². The maximum atomic E-state index is 9.20. The SMILES string of the molecule is Cc1ccc(Cl)cc1[C@H](OCCO)C1CCCN(C(C)(C)C)C1. The number of aliphatic hydroxyl groups is 1. The number of likely N-dealkylation sites (tertiary alicyclic amines) is 1. The highest BCUT2D eigenvalue weighted by atomic mass is 35.5. The average molecular weight is 340 g/mol. The van der Waals surface area contributed by atoms with Crippen molar-refractivity contribution in [1.82, 2.24) is 4.90 Å². The van der Waals surface area contributed by atoms with E-state index in [1.165, 1.54) is 12.0 Å². The Morgan fingerprint density at radius 2 is 2.13 bits per heavy atom. The first-order chi connectivity index (χ1) is 10.8. The number of aliphatic hydroxyl groups excluding tert-OH is 1. The van der Waals surface area contributed by atoms with Gasteiger partial charge < -0.3 is 9.84 Å². The lowest BCUT2D eigenvalue weighted by Gasteiger charge is -2.44. The second-order valence-corrected chi connectivity index (χ2v) is 7.97. The first kappa shape index (κ1) is 18.7. The minimum atomic E-state index is -0.00833. The van der Waals surface area contributed by atoms with Crippen LogP contribution in [0.15, 0.2) is 18.2 Å². The monoisotopic (exact) mass is 339 g/mol. The summed E-state index contributed by atoms with van der Waals surface area (Å²) in [5.41, 5.74) is 2.53. The molecule has 1 aromatic rings. The Morgan fingerprint density at radius 1 is 1.39 bits per heavy atom. The number of piperidine rings is 1. The van der Waals surface area contributed by atoms with E-state index in [4.69, 9.17) is 16.3 Å². The fourth-order valence-electron chi connectivity index (χ4n) is 3.44. The van der Waals surface area contributed by atoms with Crippen LogP contribution in [0, 0.1) is 12.8 Å². The summed E-state index contributed by atoms with van der Waals surface area (Å²) in [5.74, 6) is 0.423. The van der Waals surface area contributed by atoms with Crippen molar-refractivity contribution in [3.63, 3.8) is 0 Å². The second kappa shape index (κ2) is 7.98. The molecular weight excluding hydrogens is 310 g/mol. The van der Waals surface area contributed by atoms with E-state index >= 15 is 0 Å². The molecule has 0 radical (unpaired) electrons. The van der Waals surface area contributed by atoms with Crippen LogP contribution in [0.5, 0.6) is 0 Å². The number of benzene rings is 1. The number of ether oxygens (including phenoxy) is 1. The topological polar surface area (TPSA) is 32.7 Å². The smallest absolute Gasteiger partial charge is 0.0869 e. The molecule has 1 aromatic carbocycles. The third kappa shape index (κ3) is 4.93. The lowest BCUT2D eigenvalue weighted by Crippen LogP contribution is -2.48. The molecule has 1 saturated heterocycles. The van der Waals surface area contributed by atoms with Crippen molar-refractivity contribution in [1.29, 1.82) is 0 Å². The van der Waals surface area contributed by atoms with E-state index in [-0.39, 0.29) is 18.2 Å². The minimum Gasteiger partial charge on any atom is -0.394 e. The quantitative estimate of drug-likeness (QED) is 0.872. The van der Waals surface area contributed by atoms with Crippen molar-refractivity contribution in [2.75, 3.05) is 26.3 Å². The first-order valence-corrected chi connectivity index (χ1v) is 8.94. The molecule has 0 spiro atoms. The van der Waals surface area contributed by atoms with Crippen molar-refractivity contribution in [3.05, 3.63) is 34.3 Å². The van der Waals surface area contributed by atoms with Crippen LogP contribution in [0.3, 0.4) is 0 Å². The summed E-state index contributed by atoms with van der Waals surface area (Å²) in [4.78, 5) is 2.54. The summed E-state index contributed by atoms with van der Waals surface area (Å²) >= 11 is 6.22. The summed E-state index contributed by atoms with van der Waals surface area (Å²) < 4.78 is 6.08. The highest BCUT2D eigenvalue weighted by Gasteiger charge is 2.33. The Balaban J connectivity index is 2.25. The molecule has 1 N–H and O–H groups in total. The van der Waals surface area contributed by atoms with E-state index in [2.05, 4.69) is 38.7 Å². The molecular formula is C19H30ClNO2. The molecule has 1 unspecified atom stereocenters. The Labute approximate surface area is 145 Å². The number of aryl methyl sites for hydroxylation is 1. The molecule has 0 amide bonds. The van der Waals surface area contributed by atoms with E-state index < -0.39 is 0 Å².